The minimum absolute atomic E-state index is 0.0712. The number of nitrogens with zero attached hydrogens (tertiary/aromatic N) is 3. The standard InChI is InChI=1S/C28H36FN3O2/c1-15-26-20-5-4-19-17(18(20)10-12-28(15,26)34)9-11-27(2)21(19)6-7-22(27)25(33)14-32-30-23-8-3-16(29)13-24(23)31-32/h3,8,13,15,17-22,26,34H,4-7,9-12,14H2,1-2H3/t15?,17-,18-,19-,20-,21+,22-,26?,27+,28+/m1/s1. The summed E-state index contributed by atoms with van der Waals surface area (Å²) in [6.07, 6.45) is 9.28. The minimum atomic E-state index is -0.348. The van der Waals surface area contributed by atoms with E-state index in [1.807, 2.05) is 0 Å². The smallest absolute Gasteiger partial charge is 0.159 e. The second-order valence-corrected chi connectivity index (χ2v) is 12.7. The van der Waals surface area contributed by atoms with Crippen LogP contribution < -0.4 is 0 Å². The molecule has 5 saturated carbocycles. The van der Waals surface area contributed by atoms with Gasteiger partial charge in [0.25, 0.3) is 0 Å². The van der Waals surface area contributed by atoms with Gasteiger partial charge in [0.2, 0.25) is 0 Å². The molecule has 5 aliphatic rings. The lowest BCUT2D eigenvalue weighted by atomic mass is 9.49. The van der Waals surface area contributed by atoms with Gasteiger partial charge < -0.3 is 5.11 Å². The number of aromatic nitrogens is 3. The van der Waals surface area contributed by atoms with Gasteiger partial charge in [0.05, 0.1) is 5.60 Å². The lowest BCUT2D eigenvalue weighted by molar-refractivity contribution is -0.132. The van der Waals surface area contributed by atoms with Crippen LogP contribution in [0.15, 0.2) is 18.2 Å². The molecule has 1 N–H and O–H groups in total. The van der Waals surface area contributed by atoms with Crippen LogP contribution in [0.3, 0.4) is 0 Å². The molecule has 1 heterocycles. The van der Waals surface area contributed by atoms with Gasteiger partial charge in [-0.25, -0.2) is 4.39 Å². The molecule has 2 unspecified atom stereocenters. The second-order valence-electron chi connectivity index (χ2n) is 12.7. The molecule has 5 aliphatic carbocycles. The van der Waals surface area contributed by atoms with Crippen LogP contribution in [0.1, 0.15) is 65.2 Å². The average Bonchev–Trinajstić information content (AvgIpc) is 3.10. The van der Waals surface area contributed by atoms with Crippen LogP contribution in [0.25, 0.3) is 11.0 Å². The summed E-state index contributed by atoms with van der Waals surface area (Å²) in [6, 6.07) is 4.38. The quantitative estimate of drug-likeness (QED) is 0.692. The summed E-state index contributed by atoms with van der Waals surface area (Å²) < 4.78 is 13.5. The number of carbonyl (C=O) groups excluding carboxylic acids is 1. The maximum atomic E-state index is 13.5. The predicted molar refractivity (Wildman–Crippen MR) is 126 cm³/mol. The van der Waals surface area contributed by atoms with Gasteiger partial charge in [0, 0.05) is 12.0 Å². The van der Waals surface area contributed by atoms with E-state index < -0.39 is 0 Å². The summed E-state index contributed by atoms with van der Waals surface area (Å²) in [5.74, 6) is 4.70. The molecule has 0 bridgehead atoms. The third-order valence-corrected chi connectivity index (χ3v) is 11.6. The van der Waals surface area contributed by atoms with Crippen LogP contribution in [0.5, 0.6) is 0 Å². The number of benzene rings is 1. The number of fused-ring (bicyclic) bond motifs is 8. The first-order valence-electron chi connectivity index (χ1n) is 13.5. The highest BCUT2D eigenvalue weighted by Crippen LogP contribution is 2.70. The van der Waals surface area contributed by atoms with E-state index >= 15 is 0 Å². The van der Waals surface area contributed by atoms with Gasteiger partial charge in [-0.2, -0.15) is 15.0 Å². The Labute approximate surface area is 200 Å². The van der Waals surface area contributed by atoms with Crippen molar-refractivity contribution in [3.05, 3.63) is 24.0 Å². The Morgan fingerprint density at radius 3 is 2.62 bits per heavy atom. The Morgan fingerprint density at radius 2 is 1.76 bits per heavy atom. The van der Waals surface area contributed by atoms with Crippen molar-refractivity contribution >= 4 is 16.8 Å². The van der Waals surface area contributed by atoms with Crippen LogP contribution in [-0.2, 0) is 11.3 Å². The predicted octanol–water partition coefficient (Wildman–Crippen LogP) is 5.02. The largest absolute Gasteiger partial charge is 0.389 e. The maximum absolute atomic E-state index is 13.5. The molecule has 1 aromatic heterocycles. The number of halogens is 1. The highest BCUT2D eigenvalue weighted by atomic mass is 19.1. The number of hydrogen-bond donors (Lipinski definition) is 1. The molecule has 10 atom stereocenters. The van der Waals surface area contributed by atoms with Gasteiger partial charge in [-0.1, -0.05) is 13.8 Å². The Hall–Kier alpha value is -1.82. The highest BCUT2D eigenvalue weighted by molar-refractivity contribution is 5.82. The number of carbonyl (C=O) groups is 1. The van der Waals surface area contributed by atoms with Crippen LogP contribution in [0.2, 0.25) is 0 Å². The first kappa shape index (κ1) is 21.5. The van der Waals surface area contributed by atoms with E-state index in [1.165, 1.54) is 42.6 Å². The summed E-state index contributed by atoms with van der Waals surface area (Å²) in [5, 5.41) is 19.7. The topological polar surface area (TPSA) is 68.0 Å². The summed E-state index contributed by atoms with van der Waals surface area (Å²) in [7, 11) is 0. The van der Waals surface area contributed by atoms with E-state index in [2.05, 4.69) is 24.0 Å². The summed E-state index contributed by atoms with van der Waals surface area (Å²) in [4.78, 5) is 15.0. The molecule has 0 amide bonds. The number of hydrogen-bond acceptors (Lipinski definition) is 4. The molecule has 5 fully saturated rings. The van der Waals surface area contributed by atoms with Gasteiger partial charge in [-0.15, -0.1) is 0 Å². The van der Waals surface area contributed by atoms with Gasteiger partial charge in [-0.05, 0) is 110 Å². The number of aliphatic hydroxyl groups is 1. The fraction of sp³-hybridized carbons (Fsp3) is 0.750. The second kappa shape index (κ2) is 7.11. The monoisotopic (exact) mass is 465 g/mol. The first-order chi connectivity index (χ1) is 16.3. The third kappa shape index (κ3) is 2.84. The average molecular weight is 466 g/mol. The number of ketones is 1. The molecule has 34 heavy (non-hydrogen) atoms. The molecule has 1 aromatic carbocycles. The van der Waals surface area contributed by atoms with Crippen molar-refractivity contribution in [3.8, 4) is 0 Å². The molecule has 0 aliphatic heterocycles. The zero-order valence-corrected chi connectivity index (χ0v) is 20.3. The normalized spacial score (nSPS) is 46.9. The van der Waals surface area contributed by atoms with Gasteiger partial charge in [-0.3, -0.25) is 4.79 Å². The van der Waals surface area contributed by atoms with Crippen molar-refractivity contribution in [1.29, 1.82) is 0 Å². The van der Waals surface area contributed by atoms with Crippen molar-refractivity contribution < 1.29 is 14.3 Å². The zero-order chi connectivity index (χ0) is 23.4. The first-order valence-corrected chi connectivity index (χ1v) is 13.5. The SMILES string of the molecule is CC1C2[C@@H]3CC[C@@H]4[C@H](CC[C@]5(C)[C@@H](C(=O)Cn6nc7ccc(F)cc7n6)CC[C@@H]45)[C@H]3CC[C@]12O. The molecular formula is C28H36FN3O2. The van der Waals surface area contributed by atoms with Gasteiger partial charge >= 0.3 is 0 Å². The van der Waals surface area contributed by atoms with Crippen LogP contribution in [0, 0.1) is 58.6 Å². The summed E-state index contributed by atoms with van der Waals surface area (Å²) in [5.41, 5.74) is 0.863. The Morgan fingerprint density at radius 1 is 1.03 bits per heavy atom. The van der Waals surface area contributed by atoms with E-state index in [-0.39, 0.29) is 35.1 Å². The fourth-order valence-electron chi connectivity index (χ4n) is 10.0. The van der Waals surface area contributed by atoms with Gasteiger partial charge in [0.1, 0.15) is 23.4 Å². The van der Waals surface area contributed by atoms with Crippen molar-refractivity contribution in [2.45, 2.75) is 77.4 Å². The van der Waals surface area contributed by atoms with E-state index in [0.29, 0.717) is 28.8 Å². The highest BCUT2D eigenvalue weighted by Gasteiger charge is 2.69. The van der Waals surface area contributed by atoms with Crippen molar-refractivity contribution in [2.75, 3.05) is 0 Å². The van der Waals surface area contributed by atoms with Crippen molar-refractivity contribution in [3.63, 3.8) is 0 Å². The van der Waals surface area contributed by atoms with E-state index in [1.54, 1.807) is 6.07 Å². The Bertz CT molecular complexity index is 1160. The van der Waals surface area contributed by atoms with Crippen LogP contribution in [-0.4, -0.2) is 31.5 Å². The Balaban J connectivity index is 1.09. The lowest BCUT2D eigenvalue weighted by Gasteiger charge is -2.56. The fourth-order valence-corrected chi connectivity index (χ4v) is 10.0. The molecule has 2 aromatic rings. The van der Waals surface area contributed by atoms with Crippen molar-refractivity contribution in [1.82, 2.24) is 15.0 Å². The number of rotatable bonds is 3. The Kier molecular flexibility index (Phi) is 4.49. The van der Waals surface area contributed by atoms with Crippen molar-refractivity contribution in [2.24, 2.45) is 52.8 Å². The van der Waals surface area contributed by atoms with Crippen LogP contribution >= 0.6 is 0 Å². The van der Waals surface area contributed by atoms with E-state index in [4.69, 9.17) is 0 Å². The summed E-state index contributed by atoms with van der Waals surface area (Å²) in [6.45, 7) is 4.83. The maximum Gasteiger partial charge on any atom is 0.159 e. The molecule has 0 radical (unpaired) electrons. The molecule has 7 rings (SSSR count). The molecule has 0 saturated heterocycles. The zero-order valence-electron chi connectivity index (χ0n) is 20.3. The van der Waals surface area contributed by atoms with Crippen LogP contribution in [0.4, 0.5) is 4.39 Å². The number of Topliss-reactive ketones (excluding diaryl/α,β-unsaturated/α-hetero) is 1. The van der Waals surface area contributed by atoms with E-state index in [9.17, 15) is 14.3 Å². The molecule has 5 nitrogen and oxygen atoms in total. The molecule has 0 spiro atoms. The third-order valence-electron chi connectivity index (χ3n) is 11.6. The molecule has 6 heteroatoms. The van der Waals surface area contributed by atoms with Gasteiger partial charge in [0.15, 0.2) is 5.78 Å². The lowest BCUT2D eigenvalue weighted by Crippen LogP contribution is -2.50. The minimum Gasteiger partial charge on any atom is -0.389 e. The summed E-state index contributed by atoms with van der Waals surface area (Å²) >= 11 is 0. The molecule has 182 valence electrons. The van der Waals surface area contributed by atoms with E-state index in [0.717, 1.165) is 49.4 Å². The molecular weight excluding hydrogens is 429 g/mol.